The lowest BCUT2D eigenvalue weighted by Crippen LogP contribution is -2.61. The minimum Gasteiger partial charge on any atom is -0.353 e. The Balaban J connectivity index is 1.66. The maximum absolute atomic E-state index is 12.6. The van der Waals surface area contributed by atoms with Crippen LogP contribution in [0.4, 0.5) is 0 Å². The van der Waals surface area contributed by atoms with Gasteiger partial charge in [-0.15, -0.1) is 0 Å². The second kappa shape index (κ2) is 5.49. The molecule has 19 heavy (non-hydrogen) atoms. The number of piperidine rings is 1. The Labute approximate surface area is 114 Å². The molecule has 106 valence electrons. The number of nitrogens with zero attached hydrogens (tertiary/aromatic N) is 1. The highest BCUT2D eigenvalue weighted by Gasteiger charge is 2.38. The number of rotatable bonds is 1. The van der Waals surface area contributed by atoms with Gasteiger partial charge >= 0.3 is 0 Å². The van der Waals surface area contributed by atoms with Crippen molar-refractivity contribution in [2.45, 2.75) is 50.6 Å². The summed E-state index contributed by atoms with van der Waals surface area (Å²) in [7, 11) is 0. The molecule has 3 rings (SSSR count). The molecule has 0 spiro atoms. The fourth-order valence-electron chi connectivity index (χ4n) is 3.84. The Morgan fingerprint density at radius 3 is 2.74 bits per heavy atom. The fourth-order valence-corrected chi connectivity index (χ4v) is 3.84. The summed E-state index contributed by atoms with van der Waals surface area (Å²) in [4.78, 5) is 25.9. The number of carbonyl (C=O) groups is 2. The van der Waals surface area contributed by atoms with Gasteiger partial charge in [0.1, 0.15) is 6.04 Å². The molecule has 0 radical (unpaired) electrons. The van der Waals surface area contributed by atoms with Gasteiger partial charge in [-0.2, -0.15) is 0 Å². The number of amides is 2. The van der Waals surface area contributed by atoms with Crippen LogP contribution in [0.1, 0.15) is 38.5 Å². The minimum absolute atomic E-state index is 0.0155. The van der Waals surface area contributed by atoms with Crippen LogP contribution in [0.3, 0.4) is 0 Å². The smallest absolute Gasteiger partial charge is 0.241 e. The second-order valence-electron chi connectivity index (χ2n) is 6.02. The topological polar surface area (TPSA) is 61.4 Å². The molecule has 1 aliphatic carbocycles. The molecule has 2 heterocycles. The van der Waals surface area contributed by atoms with E-state index in [1.54, 1.807) is 0 Å². The average molecular weight is 265 g/mol. The second-order valence-corrected chi connectivity index (χ2v) is 6.02. The van der Waals surface area contributed by atoms with Crippen LogP contribution < -0.4 is 10.6 Å². The number of carbonyl (C=O) groups excluding carboxylic acids is 2. The van der Waals surface area contributed by atoms with Gasteiger partial charge in [0.25, 0.3) is 0 Å². The van der Waals surface area contributed by atoms with E-state index in [1.165, 1.54) is 25.7 Å². The van der Waals surface area contributed by atoms with Gasteiger partial charge < -0.3 is 10.2 Å². The number of hydrogen-bond acceptors (Lipinski definition) is 3. The molecule has 5 nitrogen and oxygen atoms in total. The van der Waals surface area contributed by atoms with Crippen LogP contribution in [0.25, 0.3) is 0 Å². The maximum Gasteiger partial charge on any atom is 0.241 e. The monoisotopic (exact) mass is 265 g/mol. The van der Waals surface area contributed by atoms with E-state index in [2.05, 4.69) is 15.5 Å². The minimum atomic E-state index is -0.224. The van der Waals surface area contributed by atoms with Gasteiger partial charge in [0, 0.05) is 19.1 Å². The zero-order valence-electron chi connectivity index (χ0n) is 11.4. The molecule has 0 aromatic carbocycles. The molecule has 3 atom stereocenters. The number of fused-ring (bicyclic) bond motifs is 1. The summed E-state index contributed by atoms with van der Waals surface area (Å²) in [5.41, 5.74) is 0. The Morgan fingerprint density at radius 2 is 1.95 bits per heavy atom. The van der Waals surface area contributed by atoms with Crippen molar-refractivity contribution < 1.29 is 9.59 Å². The summed E-state index contributed by atoms with van der Waals surface area (Å²) in [6, 6.07) is 0.229. The molecular weight excluding hydrogens is 242 g/mol. The number of nitrogens with one attached hydrogen (secondary N) is 2. The summed E-state index contributed by atoms with van der Waals surface area (Å²) in [5.74, 6) is 0.888. The lowest BCUT2D eigenvalue weighted by molar-refractivity contribution is -0.140. The van der Waals surface area contributed by atoms with Crippen molar-refractivity contribution in [2.24, 2.45) is 5.92 Å². The third-order valence-electron chi connectivity index (χ3n) is 4.84. The molecule has 2 N–H and O–H groups in total. The largest absolute Gasteiger partial charge is 0.353 e. The van der Waals surface area contributed by atoms with Crippen molar-refractivity contribution in [1.29, 1.82) is 0 Å². The fraction of sp³-hybridized carbons (Fsp3) is 0.857. The van der Waals surface area contributed by atoms with E-state index in [-0.39, 0.29) is 24.4 Å². The third-order valence-corrected chi connectivity index (χ3v) is 4.84. The van der Waals surface area contributed by atoms with Gasteiger partial charge in [-0.3, -0.25) is 14.9 Å². The van der Waals surface area contributed by atoms with Crippen LogP contribution in [-0.4, -0.2) is 48.4 Å². The first-order valence-corrected chi connectivity index (χ1v) is 7.56. The first kappa shape index (κ1) is 12.9. The number of hydrogen-bond donors (Lipinski definition) is 2. The van der Waals surface area contributed by atoms with Crippen LogP contribution in [-0.2, 0) is 9.59 Å². The Morgan fingerprint density at radius 1 is 1.16 bits per heavy atom. The zero-order chi connectivity index (χ0) is 13.2. The van der Waals surface area contributed by atoms with E-state index >= 15 is 0 Å². The van der Waals surface area contributed by atoms with E-state index in [0.29, 0.717) is 18.5 Å². The van der Waals surface area contributed by atoms with Gasteiger partial charge in [-0.05, 0) is 31.6 Å². The third kappa shape index (κ3) is 2.61. The van der Waals surface area contributed by atoms with Crippen LogP contribution in [0, 0.1) is 5.92 Å². The SMILES string of the molecule is O=C1CNC(C(=O)N2CCC[C@H]3CCCC[C@H]32)CN1. The lowest BCUT2D eigenvalue weighted by atomic mass is 9.78. The highest BCUT2D eigenvalue weighted by molar-refractivity contribution is 5.87. The van der Waals surface area contributed by atoms with Crippen molar-refractivity contribution in [3.63, 3.8) is 0 Å². The predicted octanol–water partition coefficient (Wildman–Crippen LogP) is 0.256. The molecule has 2 saturated heterocycles. The quantitative estimate of drug-likeness (QED) is 0.715. The van der Waals surface area contributed by atoms with Crippen LogP contribution >= 0.6 is 0 Å². The van der Waals surface area contributed by atoms with Gasteiger partial charge in [0.15, 0.2) is 0 Å². The van der Waals surface area contributed by atoms with Crippen molar-refractivity contribution in [3.8, 4) is 0 Å². The Bertz CT molecular complexity index is 360. The normalized spacial score (nSPS) is 35.5. The van der Waals surface area contributed by atoms with E-state index in [9.17, 15) is 9.59 Å². The molecule has 0 aromatic rings. The van der Waals surface area contributed by atoms with Crippen LogP contribution in [0.2, 0.25) is 0 Å². The first-order chi connectivity index (χ1) is 9.25. The van der Waals surface area contributed by atoms with Gasteiger partial charge in [0.2, 0.25) is 11.8 Å². The molecular formula is C14H23N3O2. The summed E-state index contributed by atoms with van der Waals surface area (Å²) in [6.45, 7) is 1.59. The molecule has 5 heteroatoms. The highest BCUT2D eigenvalue weighted by atomic mass is 16.2. The van der Waals surface area contributed by atoms with Gasteiger partial charge in [-0.25, -0.2) is 0 Å². The van der Waals surface area contributed by atoms with Crippen molar-refractivity contribution in [3.05, 3.63) is 0 Å². The van der Waals surface area contributed by atoms with Crippen molar-refractivity contribution in [2.75, 3.05) is 19.6 Å². The van der Waals surface area contributed by atoms with E-state index in [4.69, 9.17) is 0 Å². The van der Waals surface area contributed by atoms with E-state index < -0.39 is 0 Å². The molecule has 1 saturated carbocycles. The summed E-state index contributed by atoms with van der Waals surface area (Å²) >= 11 is 0. The summed E-state index contributed by atoms with van der Waals surface area (Å²) in [6.07, 6.45) is 7.43. The summed E-state index contributed by atoms with van der Waals surface area (Å²) in [5, 5.41) is 5.83. The lowest BCUT2D eigenvalue weighted by Gasteiger charge is -2.45. The molecule has 2 aliphatic heterocycles. The standard InChI is InChI=1S/C14H23N3O2/c18-13-9-15-11(8-16-13)14(19)17-7-3-5-10-4-1-2-6-12(10)17/h10-12,15H,1-9H2,(H,16,18)/t10-,11?,12-/m1/s1. The van der Waals surface area contributed by atoms with Gasteiger partial charge in [0.05, 0.1) is 6.54 Å². The molecule has 0 aromatic heterocycles. The molecule has 3 fully saturated rings. The maximum atomic E-state index is 12.6. The Hall–Kier alpha value is -1.10. The predicted molar refractivity (Wildman–Crippen MR) is 71.5 cm³/mol. The molecule has 2 amide bonds. The zero-order valence-corrected chi connectivity index (χ0v) is 11.4. The Kier molecular flexibility index (Phi) is 3.73. The number of likely N-dealkylation sites (tertiary alicyclic amines) is 1. The molecule has 0 bridgehead atoms. The first-order valence-electron chi connectivity index (χ1n) is 7.56. The number of piperazine rings is 1. The van der Waals surface area contributed by atoms with E-state index in [0.717, 1.165) is 19.4 Å². The summed E-state index contributed by atoms with van der Waals surface area (Å²) < 4.78 is 0. The van der Waals surface area contributed by atoms with Crippen LogP contribution in [0.15, 0.2) is 0 Å². The molecule has 1 unspecified atom stereocenters. The van der Waals surface area contributed by atoms with Crippen molar-refractivity contribution >= 4 is 11.8 Å². The molecule has 3 aliphatic rings. The van der Waals surface area contributed by atoms with Crippen LogP contribution in [0.5, 0.6) is 0 Å². The van der Waals surface area contributed by atoms with E-state index in [1.807, 2.05) is 0 Å². The average Bonchev–Trinajstić information content (AvgIpc) is 2.47. The van der Waals surface area contributed by atoms with Gasteiger partial charge in [-0.1, -0.05) is 12.8 Å². The highest BCUT2D eigenvalue weighted by Crippen LogP contribution is 2.35. The van der Waals surface area contributed by atoms with Crippen molar-refractivity contribution in [1.82, 2.24) is 15.5 Å².